The van der Waals surface area contributed by atoms with Crippen LogP contribution in [0.4, 0.5) is 10.5 Å². The number of nitrogens with zero attached hydrogens (tertiary/aromatic N) is 1. The molecule has 0 spiro atoms. The fourth-order valence-electron chi connectivity index (χ4n) is 2.36. The standard InChI is InChI=1S/C16H25N3O3.ClH/c1-3-21-9-10-22-15-6-4-5-14(11-15)18-16(20)19-8-7-17-12-13(19)2;/h4-6,11,13,17H,3,7-10,12H2,1-2H3,(H,18,20);1H/t13-;/m1./s1. The van der Waals surface area contributed by atoms with Gasteiger partial charge in [-0.2, -0.15) is 0 Å². The van der Waals surface area contributed by atoms with E-state index in [4.69, 9.17) is 9.47 Å². The number of anilines is 1. The molecule has 2 amide bonds. The Morgan fingerprint density at radius 2 is 2.26 bits per heavy atom. The van der Waals surface area contributed by atoms with Crippen molar-refractivity contribution in [2.75, 3.05) is 44.8 Å². The molecular weight excluding hydrogens is 318 g/mol. The van der Waals surface area contributed by atoms with Crippen LogP contribution in [-0.2, 0) is 4.74 Å². The largest absolute Gasteiger partial charge is 0.491 e. The Morgan fingerprint density at radius 1 is 1.43 bits per heavy atom. The molecule has 1 saturated heterocycles. The normalized spacial score (nSPS) is 17.3. The molecule has 2 N–H and O–H groups in total. The van der Waals surface area contributed by atoms with Crippen LogP contribution in [0.3, 0.4) is 0 Å². The van der Waals surface area contributed by atoms with Crippen LogP contribution in [0, 0.1) is 0 Å². The summed E-state index contributed by atoms with van der Waals surface area (Å²) in [5.41, 5.74) is 0.740. The van der Waals surface area contributed by atoms with Crippen LogP contribution in [0.1, 0.15) is 13.8 Å². The first-order chi connectivity index (χ1) is 10.7. The van der Waals surface area contributed by atoms with Gasteiger partial charge in [-0.1, -0.05) is 6.07 Å². The summed E-state index contributed by atoms with van der Waals surface area (Å²) in [6, 6.07) is 7.55. The number of benzene rings is 1. The number of rotatable bonds is 6. The van der Waals surface area contributed by atoms with Gasteiger partial charge in [0.25, 0.3) is 0 Å². The number of ether oxygens (including phenoxy) is 2. The Kier molecular flexibility index (Phi) is 8.76. The van der Waals surface area contributed by atoms with Crippen LogP contribution < -0.4 is 15.4 Å². The molecule has 0 radical (unpaired) electrons. The zero-order chi connectivity index (χ0) is 15.8. The number of carbonyl (C=O) groups is 1. The highest BCUT2D eigenvalue weighted by Crippen LogP contribution is 2.18. The predicted octanol–water partition coefficient (Wildman–Crippen LogP) is 2.35. The van der Waals surface area contributed by atoms with Crippen LogP contribution >= 0.6 is 12.4 Å². The Morgan fingerprint density at radius 3 is 3.00 bits per heavy atom. The highest BCUT2D eigenvalue weighted by atomic mass is 35.5. The summed E-state index contributed by atoms with van der Waals surface area (Å²) in [6.07, 6.45) is 0. The van der Waals surface area contributed by atoms with Crippen molar-refractivity contribution >= 4 is 24.1 Å². The lowest BCUT2D eigenvalue weighted by molar-refractivity contribution is 0.110. The number of nitrogens with one attached hydrogen (secondary N) is 2. The van der Waals surface area contributed by atoms with Gasteiger partial charge in [-0.05, 0) is 26.0 Å². The first-order valence-electron chi connectivity index (χ1n) is 7.79. The number of urea groups is 1. The second kappa shape index (κ2) is 10.3. The van der Waals surface area contributed by atoms with Gasteiger partial charge in [-0.25, -0.2) is 4.79 Å². The molecule has 130 valence electrons. The molecular formula is C16H26ClN3O3. The van der Waals surface area contributed by atoms with E-state index < -0.39 is 0 Å². The first-order valence-corrected chi connectivity index (χ1v) is 7.79. The maximum absolute atomic E-state index is 12.3. The highest BCUT2D eigenvalue weighted by Gasteiger charge is 2.22. The predicted molar refractivity (Wildman–Crippen MR) is 93.7 cm³/mol. The van der Waals surface area contributed by atoms with Crippen molar-refractivity contribution in [3.8, 4) is 5.75 Å². The summed E-state index contributed by atoms with van der Waals surface area (Å²) in [5.74, 6) is 0.728. The van der Waals surface area contributed by atoms with E-state index in [1.165, 1.54) is 0 Å². The molecule has 0 aromatic heterocycles. The van der Waals surface area contributed by atoms with Gasteiger partial charge in [0.1, 0.15) is 12.4 Å². The van der Waals surface area contributed by atoms with E-state index >= 15 is 0 Å². The van der Waals surface area contributed by atoms with Gasteiger partial charge >= 0.3 is 6.03 Å². The van der Waals surface area contributed by atoms with Crippen LogP contribution in [-0.4, -0.2) is 56.4 Å². The van der Waals surface area contributed by atoms with Crippen molar-refractivity contribution in [2.24, 2.45) is 0 Å². The number of hydrogen-bond donors (Lipinski definition) is 2. The van der Waals surface area contributed by atoms with E-state index in [2.05, 4.69) is 10.6 Å². The molecule has 2 rings (SSSR count). The summed E-state index contributed by atoms with van der Waals surface area (Å²) >= 11 is 0. The summed E-state index contributed by atoms with van der Waals surface area (Å²) < 4.78 is 10.8. The Bertz CT molecular complexity index is 487. The van der Waals surface area contributed by atoms with Gasteiger partial charge in [0.2, 0.25) is 0 Å². The van der Waals surface area contributed by atoms with Crippen molar-refractivity contribution in [3.05, 3.63) is 24.3 Å². The molecule has 7 heteroatoms. The third-order valence-electron chi connectivity index (χ3n) is 3.55. The molecule has 0 bridgehead atoms. The minimum Gasteiger partial charge on any atom is -0.491 e. The minimum absolute atomic E-state index is 0. The molecule has 1 heterocycles. The number of carbonyl (C=O) groups excluding carboxylic acids is 1. The Labute approximate surface area is 143 Å². The van der Waals surface area contributed by atoms with Crippen molar-refractivity contribution < 1.29 is 14.3 Å². The average Bonchev–Trinajstić information content (AvgIpc) is 2.52. The molecule has 0 unspecified atom stereocenters. The molecule has 1 atom stereocenters. The maximum atomic E-state index is 12.3. The second-order valence-corrected chi connectivity index (χ2v) is 5.25. The zero-order valence-corrected chi connectivity index (χ0v) is 14.5. The zero-order valence-electron chi connectivity index (χ0n) is 13.7. The lowest BCUT2D eigenvalue weighted by atomic mass is 10.2. The molecule has 6 nitrogen and oxygen atoms in total. The topological polar surface area (TPSA) is 62.8 Å². The van der Waals surface area contributed by atoms with Gasteiger partial charge in [0.05, 0.1) is 6.61 Å². The number of piperazine rings is 1. The number of halogens is 1. The highest BCUT2D eigenvalue weighted by molar-refractivity contribution is 5.89. The van der Waals surface area contributed by atoms with Crippen molar-refractivity contribution in [3.63, 3.8) is 0 Å². The van der Waals surface area contributed by atoms with Gasteiger partial charge in [-0.15, -0.1) is 12.4 Å². The number of hydrogen-bond acceptors (Lipinski definition) is 4. The van der Waals surface area contributed by atoms with Crippen LogP contribution in [0.5, 0.6) is 5.75 Å². The quantitative estimate of drug-likeness (QED) is 0.778. The van der Waals surface area contributed by atoms with Crippen molar-refractivity contribution in [2.45, 2.75) is 19.9 Å². The Balaban J connectivity index is 0.00000264. The van der Waals surface area contributed by atoms with E-state index in [1.807, 2.05) is 43.0 Å². The van der Waals surface area contributed by atoms with E-state index in [0.29, 0.717) is 19.8 Å². The molecule has 1 aromatic rings. The monoisotopic (exact) mass is 343 g/mol. The molecule has 1 aliphatic rings. The third-order valence-corrected chi connectivity index (χ3v) is 3.55. The summed E-state index contributed by atoms with van der Waals surface area (Å²) in [4.78, 5) is 14.2. The summed E-state index contributed by atoms with van der Waals surface area (Å²) in [5, 5.41) is 6.20. The van der Waals surface area contributed by atoms with E-state index in [0.717, 1.165) is 31.1 Å². The van der Waals surface area contributed by atoms with Crippen molar-refractivity contribution in [1.29, 1.82) is 0 Å². The third kappa shape index (κ3) is 6.25. The maximum Gasteiger partial charge on any atom is 0.322 e. The molecule has 1 aromatic carbocycles. The van der Waals surface area contributed by atoms with E-state index in [9.17, 15) is 4.79 Å². The van der Waals surface area contributed by atoms with E-state index in [-0.39, 0.29) is 24.5 Å². The molecule has 1 fully saturated rings. The van der Waals surface area contributed by atoms with Crippen molar-refractivity contribution in [1.82, 2.24) is 10.2 Å². The second-order valence-electron chi connectivity index (χ2n) is 5.25. The first kappa shape index (κ1) is 19.5. The fourth-order valence-corrected chi connectivity index (χ4v) is 2.36. The lowest BCUT2D eigenvalue weighted by Crippen LogP contribution is -2.53. The summed E-state index contributed by atoms with van der Waals surface area (Å²) in [6.45, 7) is 8.12. The van der Waals surface area contributed by atoms with Gasteiger partial charge in [0.15, 0.2) is 0 Å². The van der Waals surface area contributed by atoms with Crippen LogP contribution in [0.25, 0.3) is 0 Å². The molecule has 0 saturated carbocycles. The smallest absolute Gasteiger partial charge is 0.322 e. The molecule has 23 heavy (non-hydrogen) atoms. The van der Waals surface area contributed by atoms with Gasteiger partial charge in [0, 0.05) is 44.0 Å². The fraction of sp³-hybridized carbons (Fsp3) is 0.562. The SMILES string of the molecule is CCOCCOc1cccc(NC(=O)N2CCNC[C@H]2C)c1.Cl. The molecule has 0 aliphatic carbocycles. The number of amides is 2. The average molecular weight is 344 g/mol. The minimum atomic E-state index is -0.0690. The lowest BCUT2D eigenvalue weighted by Gasteiger charge is -2.33. The van der Waals surface area contributed by atoms with Gasteiger partial charge in [-0.3, -0.25) is 0 Å². The van der Waals surface area contributed by atoms with E-state index in [1.54, 1.807) is 0 Å². The van der Waals surface area contributed by atoms with Crippen LogP contribution in [0.15, 0.2) is 24.3 Å². The van der Waals surface area contributed by atoms with Crippen LogP contribution in [0.2, 0.25) is 0 Å². The van der Waals surface area contributed by atoms with Gasteiger partial charge < -0.3 is 25.0 Å². The summed E-state index contributed by atoms with van der Waals surface area (Å²) in [7, 11) is 0. The Hall–Kier alpha value is -1.50. The molecule has 1 aliphatic heterocycles.